The Kier molecular flexibility index (Phi) is 6.19. The highest BCUT2D eigenvalue weighted by atomic mass is 35.5. The van der Waals surface area contributed by atoms with Gasteiger partial charge in [0.25, 0.3) is 11.8 Å². The van der Waals surface area contributed by atoms with Crippen molar-refractivity contribution in [2.75, 3.05) is 18.1 Å². The summed E-state index contributed by atoms with van der Waals surface area (Å²) in [7, 11) is 0. The van der Waals surface area contributed by atoms with Crippen LogP contribution in [-0.2, 0) is 9.59 Å². The summed E-state index contributed by atoms with van der Waals surface area (Å²) in [6.45, 7) is 4.57. The predicted molar refractivity (Wildman–Crippen MR) is 109 cm³/mol. The zero-order chi connectivity index (χ0) is 21.0. The number of nitrogens with one attached hydrogen (secondary N) is 1. The lowest BCUT2D eigenvalue weighted by Gasteiger charge is -2.26. The minimum atomic E-state index is -0.823. The molecular weight excluding hydrogens is 396 g/mol. The normalized spacial score (nSPS) is 15.5. The Morgan fingerprint density at radius 1 is 1.00 bits per heavy atom. The van der Waals surface area contributed by atoms with Gasteiger partial charge in [-0.25, -0.2) is 9.69 Å². The number of anilines is 1. The molecule has 0 spiro atoms. The lowest BCUT2D eigenvalue weighted by atomic mass is 10.1. The molecule has 0 aliphatic carbocycles. The molecule has 1 aliphatic heterocycles. The zero-order valence-corrected chi connectivity index (χ0v) is 16.7. The van der Waals surface area contributed by atoms with E-state index in [0.29, 0.717) is 41.0 Å². The number of urea groups is 1. The van der Waals surface area contributed by atoms with Gasteiger partial charge in [-0.1, -0.05) is 11.6 Å². The standard InChI is InChI=1S/C21H19ClN2O5/c1-3-28-16-10-5-13(18(12-16)29-4-2)11-17-19(25)23-21(27)24(20(17)26)15-8-6-14(22)7-9-15/h5-12H,3-4H2,1-2H3,(H,23,25,27)/b17-11+. The van der Waals surface area contributed by atoms with E-state index in [0.717, 1.165) is 4.90 Å². The highest BCUT2D eigenvalue weighted by Crippen LogP contribution is 2.29. The van der Waals surface area contributed by atoms with Crippen LogP contribution in [0.1, 0.15) is 19.4 Å². The molecule has 0 radical (unpaired) electrons. The number of carbonyl (C=O) groups is 3. The van der Waals surface area contributed by atoms with Crippen LogP contribution < -0.4 is 19.7 Å². The molecule has 8 heteroatoms. The average Bonchev–Trinajstić information content (AvgIpc) is 2.68. The average molecular weight is 415 g/mol. The monoisotopic (exact) mass is 414 g/mol. The molecule has 3 rings (SSSR count). The Labute approximate surface area is 172 Å². The lowest BCUT2D eigenvalue weighted by Crippen LogP contribution is -2.54. The minimum absolute atomic E-state index is 0.190. The van der Waals surface area contributed by atoms with Crippen molar-refractivity contribution in [1.29, 1.82) is 0 Å². The summed E-state index contributed by atoms with van der Waals surface area (Å²) in [6, 6.07) is 10.4. The maximum atomic E-state index is 13.0. The number of benzene rings is 2. The summed E-state index contributed by atoms with van der Waals surface area (Å²) in [4.78, 5) is 38.5. The van der Waals surface area contributed by atoms with E-state index >= 15 is 0 Å². The molecule has 0 saturated carbocycles. The van der Waals surface area contributed by atoms with Gasteiger partial charge >= 0.3 is 6.03 Å². The number of nitrogens with zero attached hydrogens (tertiary/aromatic N) is 1. The second-order valence-electron chi connectivity index (χ2n) is 6.00. The summed E-state index contributed by atoms with van der Waals surface area (Å²) in [5, 5.41) is 2.65. The van der Waals surface area contributed by atoms with Crippen molar-refractivity contribution in [3.8, 4) is 11.5 Å². The fourth-order valence-electron chi connectivity index (χ4n) is 2.81. The van der Waals surface area contributed by atoms with Gasteiger partial charge in [0.2, 0.25) is 0 Å². The van der Waals surface area contributed by atoms with Gasteiger partial charge in [-0.2, -0.15) is 0 Å². The van der Waals surface area contributed by atoms with Gasteiger partial charge in [0, 0.05) is 16.7 Å². The third-order valence-electron chi connectivity index (χ3n) is 4.08. The van der Waals surface area contributed by atoms with Gasteiger partial charge in [-0.15, -0.1) is 0 Å². The molecule has 0 aromatic heterocycles. The van der Waals surface area contributed by atoms with Crippen LogP contribution in [0.25, 0.3) is 6.08 Å². The van der Waals surface area contributed by atoms with E-state index in [1.807, 2.05) is 13.8 Å². The van der Waals surface area contributed by atoms with Gasteiger partial charge in [0.05, 0.1) is 18.9 Å². The van der Waals surface area contributed by atoms with E-state index in [1.54, 1.807) is 30.3 Å². The Hall–Kier alpha value is -3.32. The van der Waals surface area contributed by atoms with Crippen LogP contribution in [-0.4, -0.2) is 31.1 Å². The first-order valence-corrected chi connectivity index (χ1v) is 9.39. The van der Waals surface area contributed by atoms with Gasteiger partial charge in [-0.05, 0) is 56.3 Å². The van der Waals surface area contributed by atoms with Crippen LogP contribution in [0.3, 0.4) is 0 Å². The van der Waals surface area contributed by atoms with E-state index in [9.17, 15) is 14.4 Å². The van der Waals surface area contributed by atoms with Gasteiger partial charge < -0.3 is 9.47 Å². The van der Waals surface area contributed by atoms with E-state index in [-0.39, 0.29) is 5.57 Å². The second kappa shape index (κ2) is 8.79. The van der Waals surface area contributed by atoms with E-state index in [2.05, 4.69) is 5.32 Å². The number of barbiturate groups is 1. The summed E-state index contributed by atoms with van der Waals surface area (Å²) in [6.07, 6.45) is 1.40. The summed E-state index contributed by atoms with van der Waals surface area (Å²) < 4.78 is 11.1. The van der Waals surface area contributed by atoms with Crippen LogP contribution in [0.4, 0.5) is 10.5 Å². The zero-order valence-electron chi connectivity index (χ0n) is 15.9. The van der Waals surface area contributed by atoms with Crippen molar-refractivity contribution in [2.24, 2.45) is 0 Å². The topological polar surface area (TPSA) is 84.9 Å². The third-order valence-corrected chi connectivity index (χ3v) is 4.33. The molecule has 2 aromatic rings. The third kappa shape index (κ3) is 4.41. The number of carbonyl (C=O) groups excluding carboxylic acids is 3. The predicted octanol–water partition coefficient (Wildman–Crippen LogP) is 3.80. The highest BCUT2D eigenvalue weighted by Gasteiger charge is 2.37. The van der Waals surface area contributed by atoms with Crippen LogP contribution in [0, 0.1) is 0 Å². The Balaban J connectivity index is 2.01. The quantitative estimate of drug-likeness (QED) is 0.574. The second-order valence-corrected chi connectivity index (χ2v) is 6.44. The van der Waals surface area contributed by atoms with Gasteiger partial charge in [-0.3, -0.25) is 14.9 Å². The number of hydrogen-bond donors (Lipinski definition) is 1. The van der Waals surface area contributed by atoms with Crippen molar-refractivity contribution < 1.29 is 23.9 Å². The fraction of sp³-hybridized carbons (Fsp3) is 0.190. The number of halogens is 1. The van der Waals surface area contributed by atoms with Crippen LogP contribution >= 0.6 is 11.6 Å². The largest absolute Gasteiger partial charge is 0.494 e. The fourth-order valence-corrected chi connectivity index (χ4v) is 2.93. The molecule has 1 aliphatic rings. The molecule has 4 amide bonds. The minimum Gasteiger partial charge on any atom is -0.494 e. The summed E-state index contributed by atoms with van der Waals surface area (Å²) in [5.41, 5.74) is 0.621. The summed E-state index contributed by atoms with van der Waals surface area (Å²) in [5.74, 6) is -0.448. The van der Waals surface area contributed by atoms with E-state index in [4.69, 9.17) is 21.1 Å². The molecule has 1 saturated heterocycles. The van der Waals surface area contributed by atoms with Crippen molar-refractivity contribution in [3.05, 3.63) is 58.6 Å². The maximum absolute atomic E-state index is 13.0. The molecule has 2 aromatic carbocycles. The van der Waals surface area contributed by atoms with Crippen molar-refractivity contribution in [3.63, 3.8) is 0 Å². The van der Waals surface area contributed by atoms with Gasteiger partial charge in [0.1, 0.15) is 17.1 Å². The molecular formula is C21H19ClN2O5. The highest BCUT2D eigenvalue weighted by molar-refractivity contribution is 6.39. The van der Waals surface area contributed by atoms with Crippen LogP contribution in [0.2, 0.25) is 5.02 Å². The van der Waals surface area contributed by atoms with E-state index < -0.39 is 17.8 Å². The first-order chi connectivity index (χ1) is 13.9. The van der Waals surface area contributed by atoms with Gasteiger partial charge in [0.15, 0.2) is 0 Å². The number of ether oxygens (including phenoxy) is 2. The Bertz CT molecular complexity index is 985. The maximum Gasteiger partial charge on any atom is 0.335 e. The van der Waals surface area contributed by atoms with Crippen molar-refractivity contribution in [2.45, 2.75) is 13.8 Å². The molecule has 0 bridgehead atoms. The Morgan fingerprint density at radius 3 is 2.34 bits per heavy atom. The van der Waals surface area contributed by atoms with Crippen molar-refractivity contribution >= 4 is 41.2 Å². The van der Waals surface area contributed by atoms with Crippen LogP contribution in [0.5, 0.6) is 11.5 Å². The molecule has 150 valence electrons. The van der Waals surface area contributed by atoms with Crippen LogP contribution in [0.15, 0.2) is 48.0 Å². The number of imide groups is 2. The number of hydrogen-bond acceptors (Lipinski definition) is 5. The molecule has 0 atom stereocenters. The molecule has 1 fully saturated rings. The first-order valence-electron chi connectivity index (χ1n) is 9.01. The van der Waals surface area contributed by atoms with E-state index in [1.165, 1.54) is 18.2 Å². The molecule has 1 heterocycles. The molecule has 7 nitrogen and oxygen atoms in total. The molecule has 0 unspecified atom stereocenters. The van der Waals surface area contributed by atoms with Crippen molar-refractivity contribution in [1.82, 2.24) is 5.32 Å². The molecule has 1 N–H and O–H groups in total. The summed E-state index contributed by atoms with van der Waals surface area (Å²) >= 11 is 5.87. The molecule has 29 heavy (non-hydrogen) atoms. The first kappa shape index (κ1) is 20.4. The lowest BCUT2D eigenvalue weighted by molar-refractivity contribution is -0.122. The number of amides is 4. The smallest absolute Gasteiger partial charge is 0.335 e. The SMILES string of the molecule is CCOc1ccc(/C=C2\C(=O)NC(=O)N(c3ccc(Cl)cc3)C2=O)c(OCC)c1. The number of rotatable bonds is 6. The Morgan fingerprint density at radius 2 is 1.69 bits per heavy atom.